The summed E-state index contributed by atoms with van der Waals surface area (Å²) in [6.45, 7) is 6.40. The van der Waals surface area contributed by atoms with Gasteiger partial charge in [-0.2, -0.15) is 18.2 Å². The lowest BCUT2D eigenvalue weighted by Crippen LogP contribution is -2.35. The number of amidine groups is 1. The Bertz CT molecular complexity index is 678. The van der Waals surface area contributed by atoms with Gasteiger partial charge in [0, 0.05) is 6.04 Å². The average molecular weight is 369 g/mol. The number of nitrogens with zero attached hydrogens (tertiary/aromatic N) is 3. The second-order valence-corrected chi connectivity index (χ2v) is 6.37. The van der Waals surface area contributed by atoms with Gasteiger partial charge in [-0.15, -0.1) is 0 Å². The Kier molecular flexibility index (Phi) is 6.63. The first-order valence-electron chi connectivity index (χ1n) is 8.86. The number of aliphatic imine (C=N–C) groups is 2. The topological polar surface area (TPSA) is 80.0 Å². The molecule has 1 unspecified atom stereocenters. The van der Waals surface area contributed by atoms with Crippen molar-refractivity contribution in [2.75, 3.05) is 13.1 Å². The van der Waals surface area contributed by atoms with Gasteiger partial charge in [0.05, 0.1) is 5.69 Å². The van der Waals surface area contributed by atoms with Gasteiger partial charge in [-0.05, 0) is 62.0 Å². The van der Waals surface area contributed by atoms with Crippen molar-refractivity contribution in [2.45, 2.75) is 51.7 Å². The molecular weight excluding hydrogens is 343 g/mol. The summed E-state index contributed by atoms with van der Waals surface area (Å²) in [6.07, 6.45) is -0.668. The van der Waals surface area contributed by atoms with Gasteiger partial charge in [-0.1, -0.05) is 19.9 Å². The van der Waals surface area contributed by atoms with Crippen LogP contribution in [0.2, 0.25) is 0 Å². The minimum absolute atomic E-state index is 0.487. The van der Waals surface area contributed by atoms with Gasteiger partial charge >= 0.3 is 6.18 Å². The predicted molar refractivity (Wildman–Crippen MR) is 98.8 cm³/mol. The normalized spacial score (nSPS) is 19.4. The molecular formula is C18H26F3N5. The first-order valence-corrected chi connectivity index (χ1v) is 8.86. The van der Waals surface area contributed by atoms with Crippen molar-refractivity contribution >= 4 is 17.5 Å². The fourth-order valence-electron chi connectivity index (χ4n) is 3.40. The zero-order chi connectivity index (χ0) is 19.3. The summed E-state index contributed by atoms with van der Waals surface area (Å²) in [4.78, 5) is 9.55. The second-order valence-electron chi connectivity index (χ2n) is 6.37. The smallest absolute Gasteiger partial charge is 0.379 e. The van der Waals surface area contributed by atoms with Gasteiger partial charge in [-0.25, -0.2) is 4.99 Å². The van der Waals surface area contributed by atoms with Gasteiger partial charge in [0.15, 0.2) is 0 Å². The van der Waals surface area contributed by atoms with E-state index in [1.807, 2.05) is 12.1 Å². The van der Waals surface area contributed by atoms with Gasteiger partial charge in [-0.3, -0.25) is 0 Å². The fraction of sp³-hybridized carbons (Fsp3) is 0.556. The molecule has 0 saturated heterocycles. The van der Waals surface area contributed by atoms with E-state index in [0.717, 1.165) is 38.8 Å². The summed E-state index contributed by atoms with van der Waals surface area (Å²) in [5.74, 6) is -2.01. The summed E-state index contributed by atoms with van der Waals surface area (Å²) in [7, 11) is 0. The Labute approximate surface area is 152 Å². The van der Waals surface area contributed by atoms with Crippen LogP contribution < -0.4 is 11.5 Å². The van der Waals surface area contributed by atoms with E-state index in [9.17, 15) is 13.2 Å². The largest absolute Gasteiger partial charge is 0.449 e. The lowest BCUT2D eigenvalue weighted by molar-refractivity contribution is -0.0597. The van der Waals surface area contributed by atoms with Crippen molar-refractivity contribution in [1.82, 2.24) is 4.90 Å². The molecule has 4 N–H and O–H groups in total. The van der Waals surface area contributed by atoms with E-state index in [1.54, 1.807) is 6.07 Å². The molecule has 0 spiro atoms. The van der Waals surface area contributed by atoms with Crippen molar-refractivity contribution in [1.29, 1.82) is 0 Å². The van der Waals surface area contributed by atoms with Crippen molar-refractivity contribution in [3.63, 3.8) is 0 Å². The van der Waals surface area contributed by atoms with Crippen molar-refractivity contribution < 1.29 is 13.2 Å². The lowest BCUT2D eigenvalue weighted by Gasteiger charge is -2.28. The first kappa shape index (κ1) is 20.2. The highest BCUT2D eigenvalue weighted by Crippen LogP contribution is 2.27. The maximum atomic E-state index is 12.4. The van der Waals surface area contributed by atoms with E-state index in [1.165, 1.54) is 11.1 Å². The Morgan fingerprint density at radius 2 is 1.73 bits per heavy atom. The number of nitrogens with two attached hydrogens (primary N) is 2. The molecule has 0 bridgehead atoms. The lowest BCUT2D eigenvalue weighted by atomic mass is 10.0. The van der Waals surface area contributed by atoms with E-state index in [-0.39, 0.29) is 0 Å². The molecule has 1 aliphatic carbocycles. The van der Waals surface area contributed by atoms with Crippen LogP contribution in [0, 0.1) is 0 Å². The van der Waals surface area contributed by atoms with Crippen LogP contribution in [0.25, 0.3) is 0 Å². The maximum Gasteiger partial charge on any atom is 0.449 e. The zero-order valence-electron chi connectivity index (χ0n) is 15.2. The Morgan fingerprint density at radius 3 is 2.31 bits per heavy atom. The average Bonchev–Trinajstić information content (AvgIpc) is 2.78. The molecule has 0 fully saturated rings. The van der Waals surface area contributed by atoms with Crippen LogP contribution in [0.5, 0.6) is 0 Å². The highest BCUT2D eigenvalue weighted by atomic mass is 19.4. The number of aryl methyl sites for hydroxylation is 2. The third kappa shape index (κ3) is 5.20. The molecule has 0 radical (unpaired) electrons. The highest BCUT2D eigenvalue weighted by Gasteiger charge is 2.33. The number of hydrogen-bond acceptors (Lipinski definition) is 2. The van der Waals surface area contributed by atoms with Crippen molar-refractivity contribution in [3.8, 4) is 0 Å². The molecule has 1 aliphatic rings. The van der Waals surface area contributed by atoms with E-state index in [2.05, 4.69) is 28.7 Å². The molecule has 2 rings (SSSR count). The maximum absolute atomic E-state index is 12.4. The zero-order valence-corrected chi connectivity index (χ0v) is 15.2. The number of guanidine groups is 1. The number of halogens is 3. The van der Waals surface area contributed by atoms with E-state index < -0.39 is 18.0 Å². The van der Waals surface area contributed by atoms with Crippen molar-refractivity contribution in [2.24, 2.45) is 21.5 Å². The highest BCUT2D eigenvalue weighted by molar-refractivity contribution is 5.98. The quantitative estimate of drug-likeness (QED) is 0.486. The summed E-state index contributed by atoms with van der Waals surface area (Å²) in [6, 6.07) is 6.16. The van der Waals surface area contributed by atoms with Gasteiger partial charge in [0.25, 0.3) is 0 Å². The number of benzene rings is 1. The molecule has 0 aromatic heterocycles. The summed E-state index contributed by atoms with van der Waals surface area (Å²) in [5.41, 5.74) is 13.3. The van der Waals surface area contributed by atoms with Gasteiger partial charge in [0.2, 0.25) is 11.8 Å². The van der Waals surface area contributed by atoms with Crippen LogP contribution in [-0.4, -0.2) is 42.0 Å². The number of fused-ring (bicyclic) bond motifs is 1. The molecule has 0 saturated carbocycles. The molecule has 0 aliphatic heterocycles. The number of alkyl halides is 3. The van der Waals surface area contributed by atoms with E-state index in [0.29, 0.717) is 11.7 Å². The van der Waals surface area contributed by atoms with Crippen LogP contribution in [0.3, 0.4) is 0 Å². The molecule has 1 aromatic rings. The fourth-order valence-corrected chi connectivity index (χ4v) is 3.40. The molecule has 5 nitrogen and oxygen atoms in total. The molecule has 0 heterocycles. The Hall–Kier alpha value is -2.09. The third-order valence-electron chi connectivity index (χ3n) is 4.78. The predicted octanol–water partition coefficient (Wildman–Crippen LogP) is 3.14. The first-order chi connectivity index (χ1) is 12.2. The Morgan fingerprint density at radius 1 is 1.12 bits per heavy atom. The Balaban J connectivity index is 2.17. The molecule has 26 heavy (non-hydrogen) atoms. The monoisotopic (exact) mass is 369 g/mol. The second kappa shape index (κ2) is 8.53. The van der Waals surface area contributed by atoms with Crippen LogP contribution in [0.1, 0.15) is 37.8 Å². The van der Waals surface area contributed by atoms with Crippen LogP contribution in [-0.2, 0) is 12.8 Å². The van der Waals surface area contributed by atoms with Gasteiger partial charge in [0.1, 0.15) is 0 Å². The number of rotatable bonds is 4. The van der Waals surface area contributed by atoms with E-state index in [4.69, 9.17) is 11.5 Å². The summed E-state index contributed by atoms with van der Waals surface area (Å²) >= 11 is 0. The number of hydrogen-bond donors (Lipinski definition) is 2. The minimum Gasteiger partial charge on any atom is -0.379 e. The molecule has 144 valence electrons. The van der Waals surface area contributed by atoms with Crippen LogP contribution in [0.15, 0.2) is 28.2 Å². The molecule has 0 amide bonds. The van der Waals surface area contributed by atoms with Gasteiger partial charge < -0.3 is 16.4 Å². The summed E-state index contributed by atoms with van der Waals surface area (Å²) in [5, 5.41) is 0. The molecule has 1 atom stereocenters. The van der Waals surface area contributed by atoms with Crippen LogP contribution in [0.4, 0.5) is 18.9 Å². The SMILES string of the molecule is CCN(CC)C1CCc2ccc(N=C(N)/N=C(\N)C(F)(F)F)cc2CC1. The van der Waals surface area contributed by atoms with Crippen LogP contribution >= 0.6 is 0 Å². The molecule has 1 aromatic carbocycles. The minimum atomic E-state index is -4.71. The third-order valence-corrected chi connectivity index (χ3v) is 4.78. The standard InChI is InChI=1S/C18H26F3N5/c1-3-26(4-2)15-9-6-12-5-8-14(11-13(12)7-10-15)24-17(23)25-16(22)18(19,20)21/h5,8,11,15H,3-4,6-7,9-10H2,1-2H3,(H4,22,23,24,25). The molecule has 8 heteroatoms. The van der Waals surface area contributed by atoms with Crippen molar-refractivity contribution in [3.05, 3.63) is 29.3 Å². The summed E-state index contributed by atoms with van der Waals surface area (Å²) < 4.78 is 37.2. The van der Waals surface area contributed by atoms with E-state index >= 15 is 0 Å².